The Balaban J connectivity index is 1.87. The Kier molecular flexibility index (Phi) is 3.66. The summed E-state index contributed by atoms with van der Waals surface area (Å²) in [7, 11) is 0. The second-order valence-electron chi connectivity index (χ2n) is 4.99. The first-order valence-electron chi connectivity index (χ1n) is 6.21. The Morgan fingerprint density at radius 1 is 1.71 bits per heavy atom. The predicted molar refractivity (Wildman–Crippen MR) is 68.8 cm³/mol. The molecule has 0 radical (unpaired) electrons. The molecule has 5 nitrogen and oxygen atoms in total. The fourth-order valence-electron chi connectivity index (χ4n) is 2.01. The van der Waals surface area contributed by atoms with Crippen molar-refractivity contribution >= 4 is 5.96 Å². The van der Waals surface area contributed by atoms with Gasteiger partial charge in [0, 0.05) is 37.9 Å². The van der Waals surface area contributed by atoms with Crippen LogP contribution in [0, 0.1) is 5.92 Å². The maximum absolute atomic E-state index is 5.86. The third-order valence-electron chi connectivity index (χ3n) is 2.93. The Labute approximate surface area is 102 Å². The first-order valence-corrected chi connectivity index (χ1v) is 6.21. The van der Waals surface area contributed by atoms with Gasteiger partial charge in [0.15, 0.2) is 5.96 Å². The first kappa shape index (κ1) is 12.0. The third-order valence-corrected chi connectivity index (χ3v) is 2.93. The molecule has 0 aromatic carbocycles. The number of nitrogens with one attached hydrogen (secondary N) is 1. The molecule has 5 heteroatoms. The van der Waals surface area contributed by atoms with E-state index in [9.17, 15) is 0 Å². The molecule has 1 aromatic heterocycles. The van der Waals surface area contributed by atoms with Gasteiger partial charge >= 0.3 is 0 Å². The first-order chi connectivity index (χ1) is 8.15. The maximum Gasteiger partial charge on any atom is 0.188 e. The Morgan fingerprint density at radius 3 is 3.29 bits per heavy atom. The Morgan fingerprint density at radius 2 is 2.53 bits per heavy atom. The highest BCUT2D eigenvalue weighted by molar-refractivity contribution is 5.78. The van der Waals surface area contributed by atoms with Gasteiger partial charge in [0.1, 0.15) is 5.82 Å². The van der Waals surface area contributed by atoms with Gasteiger partial charge in [-0.2, -0.15) is 0 Å². The fourth-order valence-corrected chi connectivity index (χ4v) is 2.01. The van der Waals surface area contributed by atoms with Crippen molar-refractivity contribution in [3.63, 3.8) is 0 Å². The van der Waals surface area contributed by atoms with E-state index >= 15 is 0 Å². The van der Waals surface area contributed by atoms with Crippen LogP contribution in [0.3, 0.4) is 0 Å². The molecule has 0 saturated carbocycles. The second-order valence-corrected chi connectivity index (χ2v) is 4.99. The average molecular weight is 235 g/mol. The molecule has 0 bridgehead atoms. The van der Waals surface area contributed by atoms with Crippen molar-refractivity contribution in [3.05, 3.63) is 18.2 Å². The summed E-state index contributed by atoms with van der Waals surface area (Å²) in [4.78, 5) is 8.65. The van der Waals surface area contributed by atoms with E-state index in [-0.39, 0.29) is 0 Å². The number of aryl methyl sites for hydroxylation is 1. The molecule has 0 spiro atoms. The van der Waals surface area contributed by atoms with Crippen LogP contribution in [-0.4, -0.2) is 28.1 Å². The number of aromatic nitrogens is 2. The molecule has 1 aromatic rings. The molecule has 2 heterocycles. The SMILES string of the molecule is CC(C)CN=C(N)NC1CCn2ccnc2C1. The number of rotatable bonds is 3. The lowest BCUT2D eigenvalue weighted by Crippen LogP contribution is -2.44. The molecule has 1 atom stereocenters. The van der Waals surface area contributed by atoms with Crippen LogP contribution >= 0.6 is 0 Å². The second kappa shape index (κ2) is 5.21. The van der Waals surface area contributed by atoms with Crippen LogP contribution in [0.1, 0.15) is 26.1 Å². The summed E-state index contributed by atoms with van der Waals surface area (Å²) < 4.78 is 2.19. The highest BCUT2D eigenvalue weighted by Gasteiger charge is 2.19. The van der Waals surface area contributed by atoms with E-state index in [1.54, 1.807) is 0 Å². The van der Waals surface area contributed by atoms with Crippen molar-refractivity contribution < 1.29 is 0 Å². The molecule has 17 heavy (non-hydrogen) atoms. The van der Waals surface area contributed by atoms with E-state index in [4.69, 9.17) is 5.73 Å². The van der Waals surface area contributed by atoms with Crippen LogP contribution in [-0.2, 0) is 13.0 Å². The van der Waals surface area contributed by atoms with Gasteiger partial charge < -0.3 is 15.6 Å². The van der Waals surface area contributed by atoms with Gasteiger partial charge in [0.05, 0.1) is 0 Å². The van der Waals surface area contributed by atoms with Crippen LogP contribution in [0.25, 0.3) is 0 Å². The van der Waals surface area contributed by atoms with Crippen molar-refractivity contribution in [2.75, 3.05) is 6.54 Å². The standard InChI is InChI=1S/C12H21N5/c1-9(2)8-15-12(13)16-10-3-5-17-6-4-14-11(17)7-10/h4,6,9-10H,3,5,7-8H2,1-2H3,(H3,13,15,16). The van der Waals surface area contributed by atoms with Crippen molar-refractivity contribution in [3.8, 4) is 0 Å². The topological polar surface area (TPSA) is 68.2 Å². The van der Waals surface area contributed by atoms with E-state index in [2.05, 4.69) is 33.7 Å². The van der Waals surface area contributed by atoms with Gasteiger partial charge in [-0.3, -0.25) is 4.99 Å². The minimum absolute atomic E-state index is 0.362. The number of fused-ring (bicyclic) bond motifs is 1. The molecule has 94 valence electrons. The normalized spacial score (nSPS) is 20.4. The number of guanidine groups is 1. The minimum atomic E-state index is 0.362. The number of nitrogens with zero attached hydrogens (tertiary/aromatic N) is 3. The summed E-state index contributed by atoms with van der Waals surface area (Å²) in [6.45, 7) is 6.05. The largest absolute Gasteiger partial charge is 0.370 e. The number of aliphatic imine (C=N–C) groups is 1. The number of nitrogens with two attached hydrogens (primary N) is 1. The summed E-state index contributed by atoms with van der Waals surface area (Å²) >= 11 is 0. The van der Waals surface area contributed by atoms with Crippen LogP contribution < -0.4 is 11.1 Å². The van der Waals surface area contributed by atoms with Crippen molar-refractivity contribution in [1.29, 1.82) is 0 Å². The summed E-state index contributed by atoms with van der Waals surface area (Å²) in [6.07, 6.45) is 5.88. The van der Waals surface area contributed by atoms with Gasteiger partial charge in [-0.1, -0.05) is 13.8 Å². The number of hydrogen-bond acceptors (Lipinski definition) is 2. The Hall–Kier alpha value is -1.52. The molecule has 2 rings (SSSR count). The summed E-state index contributed by atoms with van der Waals surface area (Å²) in [5, 5.41) is 3.28. The number of hydrogen-bond donors (Lipinski definition) is 2. The minimum Gasteiger partial charge on any atom is -0.370 e. The molecule has 1 aliphatic rings. The highest BCUT2D eigenvalue weighted by atomic mass is 15.1. The average Bonchev–Trinajstić information content (AvgIpc) is 2.73. The van der Waals surface area contributed by atoms with E-state index in [0.717, 1.165) is 31.8 Å². The molecular formula is C12H21N5. The zero-order chi connectivity index (χ0) is 12.3. The maximum atomic E-state index is 5.86. The van der Waals surface area contributed by atoms with Crippen LogP contribution in [0.15, 0.2) is 17.4 Å². The van der Waals surface area contributed by atoms with Crippen molar-refractivity contribution in [2.45, 2.75) is 39.3 Å². The van der Waals surface area contributed by atoms with Gasteiger partial charge in [-0.25, -0.2) is 4.98 Å². The molecule has 0 saturated heterocycles. The lowest BCUT2D eigenvalue weighted by Gasteiger charge is -2.24. The van der Waals surface area contributed by atoms with Crippen LogP contribution in [0.2, 0.25) is 0 Å². The lowest BCUT2D eigenvalue weighted by molar-refractivity contribution is 0.434. The van der Waals surface area contributed by atoms with E-state index in [1.165, 1.54) is 0 Å². The zero-order valence-corrected chi connectivity index (χ0v) is 10.6. The molecule has 1 aliphatic heterocycles. The molecule has 3 N–H and O–H groups in total. The van der Waals surface area contributed by atoms with Gasteiger partial charge in [0.25, 0.3) is 0 Å². The van der Waals surface area contributed by atoms with E-state index in [1.807, 2.05) is 12.4 Å². The highest BCUT2D eigenvalue weighted by Crippen LogP contribution is 2.12. The molecular weight excluding hydrogens is 214 g/mol. The van der Waals surface area contributed by atoms with E-state index in [0.29, 0.717) is 17.9 Å². The fraction of sp³-hybridized carbons (Fsp3) is 0.667. The quantitative estimate of drug-likeness (QED) is 0.600. The van der Waals surface area contributed by atoms with Gasteiger partial charge in [0.2, 0.25) is 0 Å². The van der Waals surface area contributed by atoms with Crippen LogP contribution in [0.5, 0.6) is 0 Å². The lowest BCUT2D eigenvalue weighted by atomic mass is 10.1. The molecule has 1 unspecified atom stereocenters. The molecule has 0 fully saturated rings. The van der Waals surface area contributed by atoms with Crippen molar-refractivity contribution in [2.24, 2.45) is 16.6 Å². The summed E-state index contributed by atoms with van der Waals surface area (Å²) in [5.41, 5.74) is 5.86. The predicted octanol–water partition coefficient (Wildman–Crippen LogP) is 0.758. The van der Waals surface area contributed by atoms with Gasteiger partial charge in [-0.15, -0.1) is 0 Å². The molecule has 0 aliphatic carbocycles. The number of imidazole rings is 1. The van der Waals surface area contributed by atoms with E-state index < -0.39 is 0 Å². The zero-order valence-electron chi connectivity index (χ0n) is 10.6. The van der Waals surface area contributed by atoms with Crippen molar-refractivity contribution in [1.82, 2.24) is 14.9 Å². The van der Waals surface area contributed by atoms with Gasteiger partial charge in [-0.05, 0) is 12.3 Å². The summed E-state index contributed by atoms with van der Waals surface area (Å²) in [5.74, 6) is 2.23. The van der Waals surface area contributed by atoms with Crippen LogP contribution in [0.4, 0.5) is 0 Å². The Bertz CT molecular complexity index is 393. The summed E-state index contributed by atoms with van der Waals surface area (Å²) in [6, 6.07) is 0.362. The third kappa shape index (κ3) is 3.22. The smallest absolute Gasteiger partial charge is 0.188 e. The molecule has 0 amide bonds. The monoisotopic (exact) mass is 235 g/mol.